The van der Waals surface area contributed by atoms with Crippen LogP contribution in [0.5, 0.6) is 0 Å². The van der Waals surface area contributed by atoms with Gasteiger partial charge in [0.05, 0.1) is 6.04 Å². The van der Waals surface area contributed by atoms with E-state index in [9.17, 15) is 9.59 Å². The Morgan fingerprint density at radius 3 is 2.71 bits per heavy atom. The van der Waals surface area contributed by atoms with E-state index in [-0.39, 0.29) is 11.8 Å². The molecule has 0 saturated carbocycles. The molecule has 4 N–H and O–H groups in total. The molecule has 0 aromatic heterocycles. The predicted molar refractivity (Wildman–Crippen MR) is 66.7 cm³/mol. The summed E-state index contributed by atoms with van der Waals surface area (Å²) in [5.41, 5.74) is 6.51. The van der Waals surface area contributed by atoms with E-state index < -0.39 is 6.04 Å². The van der Waals surface area contributed by atoms with Gasteiger partial charge >= 0.3 is 0 Å². The van der Waals surface area contributed by atoms with E-state index in [1.807, 2.05) is 6.92 Å². The number of carbonyl (C=O) groups excluding carboxylic acids is 2. The van der Waals surface area contributed by atoms with Crippen molar-refractivity contribution in [2.75, 3.05) is 11.9 Å². The predicted octanol–water partition coefficient (Wildman–Crippen LogP) is 0.722. The van der Waals surface area contributed by atoms with Gasteiger partial charge in [0.15, 0.2) is 0 Å². The summed E-state index contributed by atoms with van der Waals surface area (Å²) in [6.07, 6.45) is 0. The fourth-order valence-electron chi connectivity index (χ4n) is 1.26. The Morgan fingerprint density at radius 1 is 1.41 bits per heavy atom. The zero-order chi connectivity index (χ0) is 12.8. The molecule has 5 heteroatoms. The van der Waals surface area contributed by atoms with Crippen molar-refractivity contribution in [2.24, 2.45) is 5.73 Å². The summed E-state index contributed by atoms with van der Waals surface area (Å²) in [4.78, 5) is 23.0. The van der Waals surface area contributed by atoms with Gasteiger partial charge < -0.3 is 16.4 Å². The smallest absolute Gasteiger partial charge is 0.251 e. The molecule has 1 rings (SSSR count). The van der Waals surface area contributed by atoms with Gasteiger partial charge in [-0.25, -0.2) is 0 Å². The summed E-state index contributed by atoms with van der Waals surface area (Å²) >= 11 is 0. The van der Waals surface area contributed by atoms with Gasteiger partial charge in [-0.05, 0) is 32.0 Å². The van der Waals surface area contributed by atoms with E-state index in [1.54, 1.807) is 31.2 Å². The molecule has 0 spiro atoms. The molecular formula is C12H17N3O2. The van der Waals surface area contributed by atoms with Crippen LogP contribution in [0.25, 0.3) is 0 Å². The first-order valence-corrected chi connectivity index (χ1v) is 5.49. The first kappa shape index (κ1) is 13.2. The van der Waals surface area contributed by atoms with Gasteiger partial charge in [0.2, 0.25) is 5.91 Å². The van der Waals surface area contributed by atoms with Gasteiger partial charge in [0.25, 0.3) is 5.91 Å². The molecule has 1 aromatic rings. The number of benzene rings is 1. The molecule has 1 atom stereocenters. The van der Waals surface area contributed by atoms with Gasteiger partial charge in [-0.3, -0.25) is 9.59 Å². The molecule has 2 amide bonds. The van der Waals surface area contributed by atoms with Crippen LogP contribution in [0.15, 0.2) is 24.3 Å². The second kappa shape index (κ2) is 6.00. The van der Waals surface area contributed by atoms with Crippen molar-refractivity contribution in [2.45, 2.75) is 19.9 Å². The van der Waals surface area contributed by atoms with Crippen molar-refractivity contribution in [1.29, 1.82) is 0 Å². The number of rotatable bonds is 4. The second-order valence-corrected chi connectivity index (χ2v) is 3.72. The van der Waals surface area contributed by atoms with Crippen molar-refractivity contribution in [3.63, 3.8) is 0 Å². The van der Waals surface area contributed by atoms with Crippen molar-refractivity contribution < 1.29 is 9.59 Å². The zero-order valence-corrected chi connectivity index (χ0v) is 9.99. The Kier molecular flexibility index (Phi) is 4.66. The van der Waals surface area contributed by atoms with Crippen LogP contribution < -0.4 is 16.4 Å². The monoisotopic (exact) mass is 235 g/mol. The minimum atomic E-state index is -0.580. The van der Waals surface area contributed by atoms with Crippen LogP contribution in [-0.4, -0.2) is 24.4 Å². The molecule has 0 radical (unpaired) electrons. The van der Waals surface area contributed by atoms with Crippen LogP contribution in [0.3, 0.4) is 0 Å². The van der Waals surface area contributed by atoms with Crippen molar-refractivity contribution in [3.8, 4) is 0 Å². The second-order valence-electron chi connectivity index (χ2n) is 3.72. The molecule has 0 aliphatic rings. The maximum atomic E-state index is 11.6. The molecule has 0 unspecified atom stereocenters. The summed E-state index contributed by atoms with van der Waals surface area (Å²) in [5.74, 6) is -0.442. The fraction of sp³-hybridized carbons (Fsp3) is 0.333. The molecule has 5 nitrogen and oxygen atoms in total. The highest BCUT2D eigenvalue weighted by Gasteiger charge is 2.09. The Labute approximate surface area is 100 Å². The van der Waals surface area contributed by atoms with Crippen LogP contribution >= 0.6 is 0 Å². The number of hydrogen-bond acceptors (Lipinski definition) is 3. The Balaban J connectivity index is 2.79. The van der Waals surface area contributed by atoms with Crippen LogP contribution in [0.2, 0.25) is 0 Å². The normalized spacial score (nSPS) is 11.7. The van der Waals surface area contributed by atoms with Gasteiger partial charge in [-0.2, -0.15) is 0 Å². The van der Waals surface area contributed by atoms with Crippen LogP contribution in [0, 0.1) is 0 Å². The Bertz CT molecular complexity index is 416. The largest absolute Gasteiger partial charge is 0.352 e. The number of amides is 2. The highest BCUT2D eigenvalue weighted by Crippen LogP contribution is 2.10. The van der Waals surface area contributed by atoms with Gasteiger partial charge in [-0.15, -0.1) is 0 Å². The molecule has 0 fully saturated rings. The lowest BCUT2D eigenvalue weighted by Gasteiger charge is -2.09. The number of carbonyl (C=O) groups is 2. The lowest BCUT2D eigenvalue weighted by molar-refractivity contribution is -0.117. The lowest BCUT2D eigenvalue weighted by atomic mass is 10.2. The summed E-state index contributed by atoms with van der Waals surface area (Å²) in [6.45, 7) is 4.01. The zero-order valence-electron chi connectivity index (χ0n) is 9.99. The average Bonchev–Trinajstić information content (AvgIpc) is 2.29. The third-order valence-corrected chi connectivity index (χ3v) is 2.14. The fourth-order valence-corrected chi connectivity index (χ4v) is 1.26. The van der Waals surface area contributed by atoms with Crippen molar-refractivity contribution in [3.05, 3.63) is 29.8 Å². The highest BCUT2D eigenvalue weighted by molar-refractivity contribution is 5.98. The molecule has 0 aliphatic heterocycles. The average molecular weight is 235 g/mol. The molecule has 92 valence electrons. The highest BCUT2D eigenvalue weighted by atomic mass is 16.2. The van der Waals surface area contributed by atoms with E-state index >= 15 is 0 Å². The summed E-state index contributed by atoms with van der Waals surface area (Å²) in [5, 5.41) is 5.32. The van der Waals surface area contributed by atoms with Crippen molar-refractivity contribution in [1.82, 2.24) is 5.32 Å². The number of nitrogens with one attached hydrogen (secondary N) is 2. The standard InChI is InChI=1S/C12H17N3O2/c1-3-14-12(17)9-5-4-6-10(7-9)15-11(16)8(2)13/h4-8H,3,13H2,1-2H3,(H,14,17)(H,15,16)/t8-/m0/s1. The molecule has 0 aliphatic carbocycles. The van der Waals surface area contributed by atoms with Gasteiger partial charge in [0, 0.05) is 17.8 Å². The molecule has 1 aromatic carbocycles. The molecule has 0 heterocycles. The van der Waals surface area contributed by atoms with E-state index in [1.165, 1.54) is 0 Å². The molecule has 0 saturated heterocycles. The number of hydrogen-bond donors (Lipinski definition) is 3. The van der Waals surface area contributed by atoms with Crippen molar-refractivity contribution >= 4 is 17.5 Å². The maximum absolute atomic E-state index is 11.6. The van der Waals surface area contributed by atoms with Crippen LogP contribution in [0.4, 0.5) is 5.69 Å². The SMILES string of the molecule is CCNC(=O)c1cccc(NC(=O)[C@H](C)N)c1. The van der Waals surface area contributed by atoms with E-state index in [0.29, 0.717) is 17.8 Å². The van der Waals surface area contributed by atoms with Crippen LogP contribution in [0.1, 0.15) is 24.2 Å². The summed E-state index contributed by atoms with van der Waals surface area (Å²) < 4.78 is 0. The maximum Gasteiger partial charge on any atom is 0.251 e. The van der Waals surface area contributed by atoms with E-state index in [0.717, 1.165) is 0 Å². The Morgan fingerprint density at radius 2 is 2.12 bits per heavy atom. The summed E-state index contributed by atoms with van der Waals surface area (Å²) in [6, 6.07) is 6.14. The number of anilines is 1. The topological polar surface area (TPSA) is 84.2 Å². The third kappa shape index (κ3) is 3.88. The lowest BCUT2D eigenvalue weighted by Crippen LogP contribution is -2.32. The minimum Gasteiger partial charge on any atom is -0.352 e. The molecule has 0 bridgehead atoms. The number of nitrogens with two attached hydrogens (primary N) is 1. The molecule has 17 heavy (non-hydrogen) atoms. The molecular weight excluding hydrogens is 218 g/mol. The minimum absolute atomic E-state index is 0.163. The quantitative estimate of drug-likeness (QED) is 0.719. The van der Waals surface area contributed by atoms with E-state index in [2.05, 4.69) is 10.6 Å². The first-order valence-electron chi connectivity index (χ1n) is 5.49. The summed E-state index contributed by atoms with van der Waals surface area (Å²) in [7, 11) is 0. The van der Waals surface area contributed by atoms with Gasteiger partial charge in [0.1, 0.15) is 0 Å². The van der Waals surface area contributed by atoms with Crippen LogP contribution in [-0.2, 0) is 4.79 Å². The first-order chi connectivity index (χ1) is 8.04. The van der Waals surface area contributed by atoms with Gasteiger partial charge in [-0.1, -0.05) is 6.07 Å². The third-order valence-electron chi connectivity index (χ3n) is 2.14. The Hall–Kier alpha value is -1.88. The van der Waals surface area contributed by atoms with E-state index in [4.69, 9.17) is 5.73 Å².